The Bertz CT molecular complexity index is 355. The van der Waals surface area contributed by atoms with E-state index in [1.54, 1.807) is 0 Å². The van der Waals surface area contributed by atoms with Crippen LogP contribution in [-0.4, -0.2) is 34.0 Å². The molecule has 1 saturated heterocycles. The van der Waals surface area contributed by atoms with E-state index in [2.05, 4.69) is 15.4 Å². The third kappa shape index (κ3) is 3.99. The van der Waals surface area contributed by atoms with Gasteiger partial charge in [-0.2, -0.15) is 18.3 Å². The Balaban J connectivity index is 1.89. The maximum Gasteiger partial charge on any atom is 0.408 e. The number of nitrogens with zero attached hydrogens (tertiary/aromatic N) is 3. The fraction of sp³-hybridized carbons (Fsp3) is 0.800. The highest BCUT2D eigenvalue weighted by atomic mass is 19.4. The van der Waals surface area contributed by atoms with Crippen LogP contribution in [0, 0.1) is 5.92 Å². The predicted molar refractivity (Wildman–Crippen MR) is 55.4 cm³/mol. The number of rotatable bonds is 3. The molecule has 96 valence electrons. The number of hydrogen-bond donors (Lipinski definition) is 1. The maximum atomic E-state index is 12.1. The first kappa shape index (κ1) is 12.3. The van der Waals surface area contributed by atoms with Crippen molar-refractivity contribution in [2.45, 2.75) is 32.0 Å². The average Bonchev–Trinajstić information content (AvgIpc) is 2.64. The zero-order valence-electron chi connectivity index (χ0n) is 9.37. The molecular weight excluding hydrogens is 233 g/mol. The van der Waals surface area contributed by atoms with Crippen LogP contribution in [0.2, 0.25) is 0 Å². The van der Waals surface area contributed by atoms with Crippen LogP contribution in [0.25, 0.3) is 0 Å². The number of halogens is 3. The predicted octanol–water partition coefficient (Wildman–Crippen LogP) is 1.38. The van der Waals surface area contributed by atoms with Crippen LogP contribution in [0.15, 0.2) is 6.33 Å². The van der Waals surface area contributed by atoms with E-state index in [0.717, 1.165) is 36.9 Å². The molecule has 0 aromatic carbocycles. The van der Waals surface area contributed by atoms with Gasteiger partial charge in [-0.3, -0.25) is 0 Å². The van der Waals surface area contributed by atoms with Crippen molar-refractivity contribution in [1.29, 1.82) is 0 Å². The van der Waals surface area contributed by atoms with Gasteiger partial charge in [-0.05, 0) is 31.8 Å². The SMILES string of the molecule is FC(F)(F)Cn1cnc(CC2CCNCC2)n1. The van der Waals surface area contributed by atoms with Gasteiger partial charge in [-0.25, -0.2) is 9.67 Å². The van der Waals surface area contributed by atoms with Crippen molar-refractivity contribution in [3.63, 3.8) is 0 Å². The zero-order valence-corrected chi connectivity index (χ0v) is 9.37. The molecule has 2 heterocycles. The highest BCUT2D eigenvalue weighted by Crippen LogP contribution is 2.18. The number of alkyl halides is 3. The van der Waals surface area contributed by atoms with Gasteiger partial charge in [-0.15, -0.1) is 0 Å². The van der Waals surface area contributed by atoms with Gasteiger partial charge in [0.15, 0.2) is 5.82 Å². The summed E-state index contributed by atoms with van der Waals surface area (Å²) in [6.45, 7) is 0.869. The molecule has 1 aliphatic heterocycles. The van der Waals surface area contributed by atoms with E-state index in [0.29, 0.717) is 18.2 Å². The molecule has 0 radical (unpaired) electrons. The highest BCUT2D eigenvalue weighted by molar-refractivity contribution is 4.86. The Labute approximate surface area is 97.2 Å². The van der Waals surface area contributed by atoms with Crippen LogP contribution >= 0.6 is 0 Å². The lowest BCUT2D eigenvalue weighted by Gasteiger charge is -2.21. The van der Waals surface area contributed by atoms with Crippen molar-refractivity contribution in [3.8, 4) is 0 Å². The lowest BCUT2D eigenvalue weighted by Crippen LogP contribution is -2.28. The van der Waals surface area contributed by atoms with E-state index in [-0.39, 0.29) is 0 Å². The summed E-state index contributed by atoms with van der Waals surface area (Å²) < 4.78 is 37.2. The summed E-state index contributed by atoms with van der Waals surface area (Å²) in [4.78, 5) is 3.93. The molecule has 1 aromatic heterocycles. The Hall–Kier alpha value is -1.11. The molecule has 0 amide bonds. The lowest BCUT2D eigenvalue weighted by atomic mass is 9.94. The molecule has 17 heavy (non-hydrogen) atoms. The third-order valence-electron chi connectivity index (χ3n) is 2.86. The van der Waals surface area contributed by atoms with Crippen molar-refractivity contribution < 1.29 is 13.2 Å². The Morgan fingerprint density at radius 1 is 1.35 bits per heavy atom. The van der Waals surface area contributed by atoms with E-state index in [1.165, 1.54) is 0 Å². The fourth-order valence-electron chi connectivity index (χ4n) is 2.03. The minimum Gasteiger partial charge on any atom is -0.317 e. The summed E-state index contributed by atoms with van der Waals surface area (Å²) in [6, 6.07) is 0. The Morgan fingerprint density at radius 2 is 2.06 bits per heavy atom. The summed E-state index contributed by atoms with van der Waals surface area (Å²) in [6.07, 6.45) is -0.336. The average molecular weight is 248 g/mol. The van der Waals surface area contributed by atoms with Crippen LogP contribution in [0.1, 0.15) is 18.7 Å². The van der Waals surface area contributed by atoms with Crippen LogP contribution in [0.5, 0.6) is 0 Å². The lowest BCUT2D eigenvalue weighted by molar-refractivity contribution is -0.142. The molecule has 1 aromatic rings. The van der Waals surface area contributed by atoms with E-state index in [4.69, 9.17) is 0 Å². The molecule has 4 nitrogen and oxygen atoms in total. The first-order valence-electron chi connectivity index (χ1n) is 5.69. The normalized spacial score (nSPS) is 18.5. The first-order valence-corrected chi connectivity index (χ1v) is 5.69. The van der Waals surface area contributed by atoms with Gasteiger partial charge < -0.3 is 5.32 Å². The molecule has 0 saturated carbocycles. The minimum absolute atomic E-state index is 0.484. The van der Waals surface area contributed by atoms with E-state index in [9.17, 15) is 13.2 Å². The number of hydrogen-bond acceptors (Lipinski definition) is 3. The molecule has 0 bridgehead atoms. The van der Waals surface area contributed by atoms with Gasteiger partial charge in [0, 0.05) is 6.42 Å². The molecule has 2 rings (SSSR count). The number of piperidine rings is 1. The van der Waals surface area contributed by atoms with E-state index < -0.39 is 12.7 Å². The summed E-state index contributed by atoms with van der Waals surface area (Å²) in [5, 5.41) is 7.10. The first-order chi connectivity index (χ1) is 8.03. The molecule has 1 fully saturated rings. The van der Waals surface area contributed by atoms with Crippen molar-refractivity contribution >= 4 is 0 Å². The molecule has 0 atom stereocenters. The van der Waals surface area contributed by atoms with Crippen LogP contribution in [0.4, 0.5) is 13.2 Å². The van der Waals surface area contributed by atoms with Crippen molar-refractivity contribution in [3.05, 3.63) is 12.2 Å². The molecular formula is C10H15F3N4. The Kier molecular flexibility index (Phi) is 3.66. The van der Waals surface area contributed by atoms with Crippen LogP contribution in [-0.2, 0) is 13.0 Å². The summed E-state index contributed by atoms with van der Waals surface area (Å²) in [5.41, 5.74) is 0. The largest absolute Gasteiger partial charge is 0.408 e. The van der Waals surface area contributed by atoms with Crippen molar-refractivity contribution in [1.82, 2.24) is 20.1 Å². The monoisotopic (exact) mass is 248 g/mol. The Morgan fingerprint density at radius 3 is 2.71 bits per heavy atom. The minimum atomic E-state index is -4.24. The van der Waals surface area contributed by atoms with Crippen molar-refractivity contribution in [2.24, 2.45) is 5.92 Å². The van der Waals surface area contributed by atoms with E-state index >= 15 is 0 Å². The number of nitrogens with one attached hydrogen (secondary N) is 1. The van der Waals surface area contributed by atoms with Gasteiger partial charge in [0.1, 0.15) is 12.9 Å². The topological polar surface area (TPSA) is 42.7 Å². The van der Waals surface area contributed by atoms with Gasteiger partial charge in [-0.1, -0.05) is 0 Å². The quantitative estimate of drug-likeness (QED) is 0.878. The molecule has 0 spiro atoms. The standard InChI is InChI=1S/C10H15F3N4/c11-10(12,13)6-17-7-15-9(16-17)5-8-1-3-14-4-2-8/h7-8,14H,1-6H2. The van der Waals surface area contributed by atoms with Gasteiger partial charge in [0.25, 0.3) is 0 Å². The smallest absolute Gasteiger partial charge is 0.317 e. The molecule has 0 aliphatic carbocycles. The molecule has 0 unspecified atom stereocenters. The number of aromatic nitrogens is 3. The summed E-state index contributed by atoms with van der Waals surface area (Å²) in [7, 11) is 0. The van der Waals surface area contributed by atoms with Crippen molar-refractivity contribution in [2.75, 3.05) is 13.1 Å². The van der Waals surface area contributed by atoms with Gasteiger partial charge >= 0.3 is 6.18 Å². The molecule has 7 heteroatoms. The maximum absolute atomic E-state index is 12.1. The second kappa shape index (κ2) is 5.03. The molecule has 1 N–H and O–H groups in total. The highest BCUT2D eigenvalue weighted by Gasteiger charge is 2.28. The second-order valence-corrected chi connectivity index (χ2v) is 4.37. The van der Waals surface area contributed by atoms with Crippen LogP contribution in [0.3, 0.4) is 0 Å². The van der Waals surface area contributed by atoms with E-state index in [1.807, 2.05) is 0 Å². The van der Waals surface area contributed by atoms with Crippen LogP contribution < -0.4 is 5.32 Å². The second-order valence-electron chi connectivity index (χ2n) is 4.37. The fourth-order valence-corrected chi connectivity index (χ4v) is 2.03. The van der Waals surface area contributed by atoms with Gasteiger partial charge in [0.05, 0.1) is 0 Å². The summed E-state index contributed by atoms with van der Waals surface area (Å²) >= 11 is 0. The third-order valence-corrected chi connectivity index (χ3v) is 2.86. The molecule has 1 aliphatic rings. The van der Waals surface area contributed by atoms with Gasteiger partial charge in [0.2, 0.25) is 0 Å². The summed E-state index contributed by atoms with van der Waals surface area (Å²) in [5.74, 6) is 0.999. The zero-order chi connectivity index (χ0) is 12.3.